The zero-order valence-corrected chi connectivity index (χ0v) is 9.80. The van der Waals surface area contributed by atoms with Gasteiger partial charge in [0.15, 0.2) is 5.88 Å². The van der Waals surface area contributed by atoms with Gasteiger partial charge in [0.25, 0.3) is 0 Å². The van der Waals surface area contributed by atoms with Crippen molar-refractivity contribution in [2.45, 2.75) is 0 Å². The van der Waals surface area contributed by atoms with E-state index in [0.717, 1.165) is 5.65 Å². The molecule has 3 rings (SSSR count). The minimum Gasteiger partial charge on any atom is -0.482 e. The molecule has 0 spiro atoms. The smallest absolute Gasteiger partial charge is 0.198 e. The molecule has 1 aromatic carbocycles. The van der Waals surface area contributed by atoms with E-state index in [9.17, 15) is 4.39 Å². The molecule has 0 amide bonds. The van der Waals surface area contributed by atoms with Crippen LogP contribution < -0.4 is 4.74 Å². The number of methoxy groups -OCH3 is 1. The molecule has 2 heterocycles. The van der Waals surface area contributed by atoms with Gasteiger partial charge in [-0.3, -0.25) is 4.40 Å². The number of benzene rings is 1. The van der Waals surface area contributed by atoms with Gasteiger partial charge in [0.2, 0.25) is 0 Å². The van der Waals surface area contributed by atoms with Crippen LogP contribution in [0.3, 0.4) is 0 Å². The summed E-state index contributed by atoms with van der Waals surface area (Å²) in [6, 6.07) is 12.1. The lowest BCUT2D eigenvalue weighted by molar-refractivity contribution is 0.392. The molecule has 0 atom stereocenters. The van der Waals surface area contributed by atoms with Gasteiger partial charge in [-0.1, -0.05) is 18.2 Å². The van der Waals surface area contributed by atoms with Gasteiger partial charge in [-0.2, -0.15) is 0 Å². The number of aromatic nitrogens is 2. The number of hydrogen-bond acceptors (Lipinski definition) is 2. The fraction of sp³-hybridized carbons (Fsp3) is 0.0714. The summed E-state index contributed by atoms with van der Waals surface area (Å²) < 4.78 is 20.7. The van der Waals surface area contributed by atoms with Gasteiger partial charge in [0.05, 0.1) is 12.8 Å². The highest BCUT2D eigenvalue weighted by atomic mass is 19.1. The van der Waals surface area contributed by atoms with Crippen LogP contribution in [0, 0.1) is 5.82 Å². The van der Waals surface area contributed by atoms with Crippen molar-refractivity contribution in [3.8, 4) is 17.1 Å². The van der Waals surface area contributed by atoms with E-state index < -0.39 is 0 Å². The van der Waals surface area contributed by atoms with Crippen molar-refractivity contribution in [1.29, 1.82) is 0 Å². The van der Waals surface area contributed by atoms with E-state index in [-0.39, 0.29) is 5.82 Å². The molecular formula is C14H11FN2O. The Balaban J connectivity index is 2.23. The minimum absolute atomic E-state index is 0.278. The van der Waals surface area contributed by atoms with Crippen LogP contribution in [0.25, 0.3) is 16.9 Å². The van der Waals surface area contributed by atoms with Gasteiger partial charge in [0.1, 0.15) is 11.5 Å². The zero-order valence-electron chi connectivity index (χ0n) is 9.80. The van der Waals surface area contributed by atoms with Crippen LogP contribution in [0.5, 0.6) is 5.88 Å². The predicted octanol–water partition coefficient (Wildman–Crippen LogP) is 3.15. The Morgan fingerprint density at radius 3 is 2.72 bits per heavy atom. The highest BCUT2D eigenvalue weighted by Crippen LogP contribution is 2.24. The second-order valence-corrected chi connectivity index (χ2v) is 3.90. The molecule has 0 saturated carbocycles. The maximum Gasteiger partial charge on any atom is 0.198 e. The Morgan fingerprint density at radius 2 is 1.94 bits per heavy atom. The van der Waals surface area contributed by atoms with Crippen LogP contribution in [0.1, 0.15) is 0 Å². The number of halogens is 1. The van der Waals surface area contributed by atoms with E-state index in [0.29, 0.717) is 17.1 Å². The number of nitrogens with zero attached hydrogens (tertiary/aromatic N) is 2. The predicted molar refractivity (Wildman–Crippen MR) is 67.1 cm³/mol. The Kier molecular flexibility index (Phi) is 2.48. The van der Waals surface area contributed by atoms with Crippen molar-refractivity contribution in [3.05, 3.63) is 54.5 Å². The monoisotopic (exact) mass is 242 g/mol. The van der Waals surface area contributed by atoms with Crippen molar-refractivity contribution in [1.82, 2.24) is 9.38 Å². The summed E-state index contributed by atoms with van der Waals surface area (Å²) in [4.78, 5) is 4.40. The van der Waals surface area contributed by atoms with E-state index in [2.05, 4.69) is 4.98 Å². The molecule has 0 aliphatic heterocycles. The maximum absolute atomic E-state index is 13.7. The summed E-state index contributed by atoms with van der Waals surface area (Å²) >= 11 is 0. The van der Waals surface area contributed by atoms with Gasteiger partial charge in [-0.25, -0.2) is 9.37 Å². The van der Waals surface area contributed by atoms with Crippen LogP contribution in [0.2, 0.25) is 0 Å². The van der Waals surface area contributed by atoms with Crippen LogP contribution in [0.4, 0.5) is 4.39 Å². The minimum atomic E-state index is -0.278. The third-order valence-corrected chi connectivity index (χ3v) is 2.81. The summed E-state index contributed by atoms with van der Waals surface area (Å²) in [5.74, 6) is 0.391. The molecule has 3 aromatic rings. The molecule has 0 fully saturated rings. The van der Waals surface area contributed by atoms with Crippen molar-refractivity contribution >= 4 is 5.65 Å². The zero-order chi connectivity index (χ0) is 12.5. The molecule has 0 aliphatic rings. The fourth-order valence-electron chi connectivity index (χ4n) is 1.95. The first-order valence-electron chi connectivity index (χ1n) is 5.56. The molecule has 0 saturated heterocycles. The van der Waals surface area contributed by atoms with Crippen molar-refractivity contribution in [2.24, 2.45) is 0 Å². The summed E-state index contributed by atoms with van der Waals surface area (Å²) in [5.41, 5.74) is 1.81. The Labute approximate surface area is 103 Å². The van der Waals surface area contributed by atoms with Gasteiger partial charge >= 0.3 is 0 Å². The van der Waals surface area contributed by atoms with E-state index in [1.54, 1.807) is 35.9 Å². The number of fused-ring (bicyclic) bond motifs is 1. The normalized spacial score (nSPS) is 10.8. The highest BCUT2D eigenvalue weighted by Gasteiger charge is 2.10. The topological polar surface area (TPSA) is 26.5 Å². The molecule has 2 aromatic heterocycles. The SMILES string of the molecule is COc1cccc2nc(-c3ccccc3F)cn12. The molecule has 90 valence electrons. The van der Waals surface area contributed by atoms with Crippen LogP contribution in [-0.4, -0.2) is 16.5 Å². The lowest BCUT2D eigenvalue weighted by atomic mass is 10.1. The van der Waals surface area contributed by atoms with Crippen LogP contribution in [-0.2, 0) is 0 Å². The second-order valence-electron chi connectivity index (χ2n) is 3.90. The van der Waals surface area contributed by atoms with Gasteiger partial charge in [-0.05, 0) is 24.3 Å². The number of hydrogen-bond donors (Lipinski definition) is 0. The summed E-state index contributed by atoms with van der Waals surface area (Å²) in [6.45, 7) is 0. The molecule has 0 N–H and O–H groups in total. The third kappa shape index (κ3) is 1.62. The van der Waals surface area contributed by atoms with Crippen molar-refractivity contribution < 1.29 is 9.13 Å². The molecule has 0 aliphatic carbocycles. The molecule has 18 heavy (non-hydrogen) atoms. The number of pyridine rings is 1. The van der Waals surface area contributed by atoms with E-state index in [1.807, 2.05) is 18.2 Å². The summed E-state index contributed by atoms with van der Waals surface area (Å²) in [5, 5.41) is 0. The van der Waals surface area contributed by atoms with Gasteiger partial charge in [-0.15, -0.1) is 0 Å². The van der Waals surface area contributed by atoms with E-state index in [4.69, 9.17) is 4.74 Å². The lowest BCUT2D eigenvalue weighted by Gasteiger charge is -2.01. The summed E-state index contributed by atoms with van der Waals surface area (Å²) in [6.07, 6.45) is 1.77. The van der Waals surface area contributed by atoms with E-state index >= 15 is 0 Å². The Morgan fingerprint density at radius 1 is 1.11 bits per heavy atom. The summed E-state index contributed by atoms with van der Waals surface area (Å²) in [7, 11) is 1.59. The lowest BCUT2D eigenvalue weighted by Crippen LogP contribution is -1.91. The molecule has 3 nitrogen and oxygen atoms in total. The molecule has 0 radical (unpaired) electrons. The average Bonchev–Trinajstić information content (AvgIpc) is 2.82. The quantitative estimate of drug-likeness (QED) is 0.690. The maximum atomic E-state index is 13.7. The molecule has 4 heteroatoms. The van der Waals surface area contributed by atoms with E-state index in [1.165, 1.54) is 6.07 Å². The Hall–Kier alpha value is -2.36. The molecular weight excluding hydrogens is 231 g/mol. The Bertz CT molecular complexity index is 706. The third-order valence-electron chi connectivity index (χ3n) is 2.81. The number of rotatable bonds is 2. The van der Waals surface area contributed by atoms with Gasteiger partial charge in [0, 0.05) is 11.8 Å². The second kappa shape index (κ2) is 4.14. The first-order chi connectivity index (χ1) is 8.79. The van der Waals surface area contributed by atoms with Gasteiger partial charge < -0.3 is 4.74 Å². The standard InChI is InChI=1S/C14H11FN2O/c1-18-14-8-4-7-13-16-12(9-17(13)14)10-5-2-3-6-11(10)15/h2-9H,1H3. The van der Waals surface area contributed by atoms with Crippen LogP contribution >= 0.6 is 0 Å². The first-order valence-corrected chi connectivity index (χ1v) is 5.56. The first kappa shape index (κ1) is 10.8. The van der Waals surface area contributed by atoms with Crippen molar-refractivity contribution in [3.63, 3.8) is 0 Å². The molecule has 0 unspecified atom stereocenters. The van der Waals surface area contributed by atoms with Crippen molar-refractivity contribution in [2.75, 3.05) is 7.11 Å². The van der Waals surface area contributed by atoms with Crippen LogP contribution in [0.15, 0.2) is 48.7 Å². The largest absolute Gasteiger partial charge is 0.482 e. The fourth-order valence-corrected chi connectivity index (χ4v) is 1.95. The number of ether oxygens (including phenoxy) is 1. The molecule has 0 bridgehead atoms. The average molecular weight is 242 g/mol. The highest BCUT2D eigenvalue weighted by molar-refractivity contribution is 5.63. The number of imidazole rings is 1.